The third kappa shape index (κ3) is 1.65. The average Bonchev–Trinajstić information content (AvgIpc) is 2.86. The maximum absolute atomic E-state index is 11.6. The Balaban J connectivity index is 2.17. The molecule has 1 aliphatic rings. The Morgan fingerprint density at radius 2 is 2.26 bits per heavy atom. The molecule has 0 saturated heterocycles. The van der Waals surface area contributed by atoms with Crippen LogP contribution in [0.5, 0.6) is 0 Å². The van der Waals surface area contributed by atoms with Gasteiger partial charge in [0.25, 0.3) is 0 Å². The second-order valence-electron chi connectivity index (χ2n) is 4.61. The predicted molar refractivity (Wildman–Crippen MR) is 67.4 cm³/mol. The monoisotopic (exact) mass is 263 g/mol. The highest BCUT2D eigenvalue weighted by atomic mass is 16.3. The highest BCUT2D eigenvalue weighted by Gasteiger charge is 2.37. The fourth-order valence-corrected chi connectivity index (χ4v) is 2.43. The lowest BCUT2D eigenvalue weighted by atomic mass is 10.1. The minimum absolute atomic E-state index is 0.0102. The van der Waals surface area contributed by atoms with Crippen LogP contribution in [-0.2, 0) is 0 Å². The zero-order chi connectivity index (χ0) is 13.7. The van der Waals surface area contributed by atoms with Crippen LogP contribution < -0.4 is 11.3 Å². The maximum Gasteiger partial charge on any atom is 0.302 e. The molecule has 0 radical (unpaired) electrons. The van der Waals surface area contributed by atoms with Gasteiger partial charge in [0.1, 0.15) is 11.8 Å². The number of aromatic nitrogens is 4. The number of hydrogen-bond acceptors (Lipinski definition) is 6. The van der Waals surface area contributed by atoms with Crippen LogP contribution in [-0.4, -0.2) is 41.9 Å². The Hall–Kier alpha value is -2.19. The molecule has 0 aromatic carbocycles. The first kappa shape index (κ1) is 11.9. The van der Waals surface area contributed by atoms with Gasteiger partial charge in [-0.2, -0.15) is 4.98 Å². The molecule has 1 saturated carbocycles. The van der Waals surface area contributed by atoms with E-state index >= 15 is 0 Å². The number of imidazole rings is 1. The van der Waals surface area contributed by atoms with E-state index < -0.39 is 17.8 Å². The van der Waals surface area contributed by atoms with E-state index in [2.05, 4.69) is 21.5 Å². The van der Waals surface area contributed by atoms with Crippen molar-refractivity contribution in [2.45, 2.75) is 24.7 Å². The van der Waals surface area contributed by atoms with E-state index in [4.69, 9.17) is 5.73 Å². The molecule has 3 rings (SSSR count). The molecule has 0 amide bonds. The molecule has 0 aliphatic heterocycles. The minimum atomic E-state index is -0.978. The number of H-pyrrole nitrogens is 1. The van der Waals surface area contributed by atoms with E-state index in [-0.39, 0.29) is 17.5 Å². The van der Waals surface area contributed by atoms with Crippen LogP contribution >= 0.6 is 0 Å². The number of anilines is 1. The van der Waals surface area contributed by atoms with Crippen molar-refractivity contribution in [2.75, 3.05) is 5.73 Å². The smallest absolute Gasteiger partial charge is 0.302 e. The van der Waals surface area contributed by atoms with E-state index in [0.717, 1.165) is 0 Å². The zero-order valence-corrected chi connectivity index (χ0v) is 9.95. The number of aliphatic hydroxyl groups excluding tert-OH is 2. The molecule has 3 atom stereocenters. The number of fused-ring (bicyclic) bond motifs is 1. The number of rotatable bonds is 1. The van der Waals surface area contributed by atoms with Crippen molar-refractivity contribution in [2.24, 2.45) is 0 Å². The van der Waals surface area contributed by atoms with Gasteiger partial charge in [-0.05, 0) is 5.57 Å². The molecule has 2 aromatic rings. The second-order valence-corrected chi connectivity index (χ2v) is 4.61. The van der Waals surface area contributed by atoms with Crippen molar-refractivity contribution >= 4 is 17.1 Å². The molecule has 2 heterocycles. The lowest BCUT2D eigenvalue weighted by Gasteiger charge is -2.14. The molecule has 1 fully saturated rings. The number of nitrogen functional groups attached to an aromatic ring is 1. The van der Waals surface area contributed by atoms with Gasteiger partial charge in [0, 0.05) is 6.42 Å². The summed E-state index contributed by atoms with van der Waals surface area (Å²) in [7, 11) is 0. The quantitative estimate of drug-likeness (QED) is 0.484. The molecular weight excluding hydrogens is 250 g/mol. The van der Waals surface area contributed by atoms with Gasteiger partial charge in [0.15, 0.2) is 5.52 Å². The summed E-state index contributed by atoms with van der Waals surface area (Å²) in [6, 6.07) is -0.340. The predicted octanol–water partition coefficient (Wildman–Crippen LogP) is -1.08. The summed E-state index contributed by atoms with van der Waals surface area (Å²) < 4.78 is 1.64. The van der Waals surface area contributed by atoms with Crippen LogP contribution in [0.25, 0.3) is 11.2 Å². The molecule has 2 aromatic heterocycles. The van der Waals surface area contributed by atoms with Crippen LogP contribution in [0.3, 0.4) is 0 Å². The largest absolute Gasteiger partial charge is 0.390 e. The minimum Gasteiger partial charge on any atom is -0.390 e. The van der Waals surface area contributed by atoms with Gasteiger partial charge in [0.2, 0.25) is 5.95 Å². The Morgan fingerprint density at radius 1 is 1.53 bits per heavy atom. The lowest BCUT2D eigenvalue weighted by Crippen LogP contribution is -2.19. The fourth-order valence-electron chi connectivity index (χ4n) is 2.43. The Kier molecular flexibility index (Phi) is 2.44. The van der Waals surface area contributed by atoms with Gasteiger partial charge >= 0.3 is 5.56 Å². The van der Waals surface area contributed by atoms with Gasteiger partial charge in [-0.25, -0.2) is 4.98 Å². The van der Waals surface area contributed by atoms with Crippen molar-refractivity contribution < 1.29 is 10.2 Å². The van der Waals surface area contributed by atoms with Gasteiger partial charge < -0.3 is 25.5 Å². The standard InChI is InChI=1S/C11H13N5O3/c1-4-5(2-6(17)8(4)18)16-3-13-7-9(16)14-11(12)15-10(7)19/h3,5-6,8,17-18H,1-2H2,(H3,12,14,15,19)/t5-,6-,8+/m0/s1. The molecule has 8 nitrogen and oxygen atoms in total. The van der Waals surface area contributed by atoms with Gasteiger partial charge in [-0.3, -0.25) is 4.79 Å². The Labute approximate surface area is 107 Å². The molecule has 1 aliphatic carbocycles. The summed E-state index contributed by atoms with van der Waals surface area (Å²) in [5, 5.41) is 19.4. The number of aliphatic hydroxyl groups is 2. The summed E-state index contributed by atoms with van der Waals surface area (Å²) >= 11 is 0. The summed E-state index contributed by atoms with van der Waals surface area (Å²) in [5.41, 5.74) is 6.04. The van der Waals surface area contributed by atoms with E-state index in [9.17, 15) is 15.0 Å². The molecule has 0 bridgehead atoms. The third-order valence-corrected chi connectivity index (χ3v) is 3.44. The number of nitrogens with zero attached hydrogens (tertiary/aromatic N) is 3. The molecule has 8 heteroatoms. The van der Waals surface area contributed by atoms with E-state index in [1.807, 2.05) is 0 Å². The average molecular weight is 263 g/mol. The zero-order valence-electron chi connectivity index (χ0n) is 9.95. The van der Waals surface area contributed by atoms with Crippen molar-refractivity contribution in [1.82, 2.24) is 19.5 Å². The SMILES string of the molecule is C=C1[C@@H](O)[C@@H](O)C[C@@H]1n1cnc2c(=O)nc(N)[nH]c21. The molecule has 5 N–H and O–H groups in total. The molecule has 0 spiro atoms. The topological polar surface area (TPSA) is 130 Å². The summed E-state index contributed by atoms with van der Waals surface area (Å²) in [6.07, 6.45) is -0.103. The molecule has 19 heavy (non-hydrogen) atoms. The van der Waals surface area contributed by atoms with Crippen molar-refractivity contribution in [1.29, 1.82) is 0 Å². The van der Waals surface area contributed by atoms with Crippen molar-refractivity contribution in [3.05, 3.63) is 28.8 Å². The highest BCUT2D eigenvalue weighted by Crippen LogP contribution is 2.35. The molecule has 0 unspecified atom stereocenters. The van der Waals surface area contributed by atoms with Crippen LogP contribution in [0.1, 0.15) is 12.5 Å². The number of aromatic amines is 1. The first-order valence-corrected chi connectivity index (χ1v) is 5.76. The third-order valence-electron chi connectivity index (χ3n) is 3.44. The summed E-state index contributed by atoms with van der Waals surface area (Å²) in [6.45, 7) is 3.78. The number of nitrogens with two attached hydrogens (primary N) is 1. The summed E-state index contributed by atoms with van der Waals surface area (Å²) in [5.74, 6) is -0.0102. The lowest BCUT2D eigenvalue weighted by molar-refractivity contribution is 0.0596. The van der Waals surface area contributed by atoms with Crippen LogP contribution in [0.4, 0.5) is 5.95 Å². The van der Waals surface area contributed by atoms with Gasteiger partial charge in [0.05, 0.1) is 18.5 Å². The molecule has 100 valence electrons. The highest BCUT2D eigenvalue weighted by molar-refractivity contribution is 5.71. The maximum atomic E-state index is 11.6. The second kappa shape index (κ2) is 3.90. The normalized spacial score (nSPS) is 27.3. The number of hydrogen-bond donors (Lipinski definition) is 4. The van der Waals surface area contributed by atoms with Crippen molar-refractivity contribution in [3.8, 4) is 0 Å². The first-order chi connectivity index (χ1) is 8.99. The number of nitrogens with one attached hydrogen (secondary N) is 1. The van der Waals surface area contributed by atoms with Crippen molar-refractivity contribution in [3.63, 3.8) is 0 Å². The van der Waals surface area contributed by atoms with Crippen LogP contribution in [0.15, 0.2) is 23.3 Å². The van der Waals surface area contributed by atoms with E-state index in [0.29, 0.717) is 17.6 Å². The van der Waals surface area contributed by atoms with E-state index in [1.54, 1.807) is 4.57 Å². The fraction of sp³-hybridized carbons (Fsp3) is 0.364. The Morgan fingerprint density at radius 3 is 2.89 bits per heavy atom. The first-order valence-electron chi connectivity index (χ1n) is 5.76. The van der Waals surface area contributed by atoms with E-state index in [1.165, 1.54) is 6.33 Å². The van der Waals surface area contributed by atoms with Gasteiger partial charge in [-0.15, -0.1) is 0 Å². The Bertz CT molecular complexity index is 719. The van der Waals surface area contributed by atoms with Gasteiger partial charge in [-0.1, -0.05) is 6.58 Å². The van der Waals surface area contributed by atoms with Crippen LogP contribution in [0, 0.1) is 0 Å². The molecular formula is C11H13N5O3. The summed E-state index contributed by atoms with van der Waals surface area (Å²) in [4.78, 5) is 21.9. The van der Waals surface area contributed by atoms with Crippen LogP contribution in [0.2, 0.25) is 0 Å².